The smallest absolute Gasteiger partial charge is 0.137 e. The zero-order chi connectivity index (χ0) is 13.6. The molecule has 0 bridgehead atoms. The summed E-state index contributed by atoms with van der Waals surface area (Å²) in [6.07, 6.45) is 4.49. The van der Waals surface area contributed by atoms with E-state index in [1.54, 1.807) is 20.4 Å². The molecule has 0 radical (unpaired) electrons. The van der Waals surface area contributed by atoms with Crippen LogP contribution in [0, 0.1) is 0 Å². The van der Waals surface area contributed by atoms with Crippen LogP contribution >= 0.6 is 0 Å². The van der Waals surface area contributed by atoms with E-state index in [1.165, 1.54) is 0 Å². The highest BCUT2D eigenvalue weighted by Gasteiger charge is 2.33. The molecule has 0 saturated carbocycles. The summed E-state index contributed by atoms with van der Waals surface area (Å²) in [6.45, 7) is 7.20. The van der Waals surface area contributed by atoms with Crippen LogP contribution < -0.4 is 10.1 Å². The third-order valence-corrected chi connectivity index (χ3v) is 3.49. The van der Waals surface area contributed by atoms with Crippen LogP contribution in [0.1, 0.15) is 38.8 Å². The maximum atomic E-state index is 5.70. The lowest BCUT2D eigenvalue weighted by molar-refractivity contribution is -0.0297. The largest absolute Gasteiger partial charge is 0.495 e. The molecule has 0 aliphatic carbocycles. The molecular formula is C14H24N2O2. The summed E-state index contributed by atoms with van der Waals surface area (Å²) < 4.78 is 10.9. The van der Waals surface area contributed by atoms with Crippen molar-refractivity contribution in [3.8, 4) is 5.75 Å². The average molecular weight is 252 g/mol. The van der Waals surface area contributed by atoms with E-state index in [-0.39, 0.29) is 11.6 Å². The minimum absolute atomic E-state index is 0.0973. The number of hydrogen-bond acceptors (Lipinski definition) is 4. The minimum atomic E-state index is -0.260. The lowest BCUT2D eigenvalue weighted by Gasteiger charge is -2.36. The first-order valence-electron chi connectivity index (χ1n) is 6.38. The van der Waals surface area contributed by atoms with Crippen molar-refractivity contribution in [2.24, 2.45) is 0 Å². The molecule has 0 aromatic carbocycles. The van der Waals surface area contributed by atoms with Gasteiger partial charge in [0.2, 0.25) is 0 Å². The quantitative estimate of drug-likeness (QED) is 0.810. The van der Waals surface area contributed by atoms with Crippen molar-refractivity contribution >= 4 is 0 Å². The monoisotopic (exact) mass is 252 g/mol. The summed E-state index contributed by atoms with van der Waals surface area (Å²) in [6, 6.07) is 2.10. The van der Waals surface area contributed by atoms with Crippen molar-refractivity contribution in [3.05, 3.63) is 24.0 Å². The van der Waals surface area contributed by atoms with Crippen LogP contribution in [0.15, 0.2) is 18.5 Å². The van der Waals surface area contributed by atoms with Crippen molar-refractivity contribution in [1.29, 1.82) is 0 Å². The molecule has 0 amide bonds. The van der Waals surface area contributed by atoms with Gasteiger partial charge in [0.1, 0.15) is 5.75 Å². The maximum Gasteiger partial charge on any atom is 0.137 e. The van der Waals surface area contributed by atoms with E-state index in [0.717, 1.165) is 24.3 Å². The van der Waals surface area contributed by atoms with E-state index < -0.39 is 0 Å². The normalized spacial score (nSPS) is 16.1. The molecule has 0 saturated heterocycles. The van der Waals surface area contributed by atoms with Gasteiger partial charge in [-0.15, -0.1) is 0 Å². The second-order valence-electron chi connectivity index (χ2n) is 4.52. The molecular weight excluding hydrogens is 228 g/mol. The van der Waals surface area contributed by atoms with Crippen LogP contribution in [-0.4, -0.2) is 31.3 Å². The molecule has 0 aliphatic heterocycles. The van der Waals surface area contributed by atoms with E-state index in [2.05, 4.69) is 31.1 Å². The highest BCUT2D eigenvalue weighted by Crippen LogP contribution is 2.32. The Hall–Kier alpha value is -1.13. The zero-order valence-electron chi connectivity index (χ0n) is 12.0. The SMILES string of the molecule is CCNC(c1cncc(OC)c1)C(C)(CC)OC. The Morgan fingerprint density at radius 2 is 2.06 bits per heavy atom. The number of likely N-dealkylation sites (N-methyl/N-ethyl adjacent to an activating group) is 1. The lowest BCUT2D eigenvalue weighted by atomic mass is 9.88. The van der Waals surface area contributed by atoms with Gasteiger partial charge in [0.05, 0.1) is 24.9 Å². The predicted molar refractivity (Wildman–Crippen MR) is 72.9 cm³/mol. The second kappa shape index (κ2) is 6.71. The summed E-state index contributed by atoms with van der Waals surface area (Å²) in [5.41, 5.74) is 0.826. The van der Waals surface area contributed by atoms with Gasteiger partial charge in [0.15, 0.2) is 0 Å². The molecule has 0 fully saturated rings. The highest BCUT2D eigenvalue weighted by molar-refractivity contribution is 5.27. The number of nitrogens with one attached hydrogen (secondary N) is 1. The standard InChI is InChI=1S/C14H24N2O2/c1-6-14(3,18-5)13(16-7-2)11-8-12(17-4)10-15-9-11/h8-10,13,16H,6-7H2,1-5H3. The first-order chi connectivity index (χ1) is 8.61. The lowest BCUT2D eigenvalue weighted by Crippen LogP contribution is -2.42. The fraction of sp³-hybridized carbons (Fsp3) is 0.643. The van der Waals surface area contributed by atoms with Gasteiger partial charge in [-0.1, -0.05) is 13.8 Å². The van der Waals surface area contributed by atoms with E-state index >= 15 is 0 Å². The molecule has 0 spiro atoms. The average Bonchev–Trinajstić information content (AvgIpc) is 2.44. The van der Waals surface area contributed by atoms with Crippen LogP contribution in [-0.2, 0) is 4.74 Å². The third kappa shape index (κ3) is 3.21. The van der Waals surface area contributed by atoms with Crippen LogP contribution in [0.3, 0.4) is 0 Å². The van der Waals surface area contributed by atoms with Crippen molar-refractivity contribution in [2.75, 3.05) is 20.8 Å². The van der Waals surface area contributed by atoms with Crippen molar-refractivity contribution < 1.29 is 9.47 Å². The molecule has 1 N–H and O–H groups in total. The van der Waals surface area contributed by atoms with E-state index in [4.69, 9.17) is 9.47 Å². The Morgan fingerprint density at radius 3 is 2.56 bits per heavy atom. The van der Waals surface area contributed by atoms with Gasteiger partial charge in [-0.3, -0.25) is 4.98 Å². The fourth-order valence-corrected chi connectivity index (χ4v) is 2.06. The van der Waals surface area contributed by atoms with Gasteiger partial charge in [0.25, 0.3) is 0 Å². The molecule has 0 aliphatic rings. The Balaban J connectivity index is 3.10. The Kier molecular flexibility index (Phi) is 5.56. The predicted octanol–water partition coefficient (Wildman–Crippen LogP) is 2.56. The number of aromatic nitrogens is 1. The number of rotatable bonds is 7. The Labute approximate surface area is 110 Å². The maximum absolute atomic E-state index is 5.70. The van der Waals surface area contributed by atoms with Crippen molar-refractivity contribution in [1.82, 2.24) is 10.3 Å². The van der Waals surface area contributed by atoms with Crippen LogP contribution in [0.2, 0.25) is 0 Å². The molecule has 4 heteroatoms. The number of methoxy groups -OCH3 is 2. The molecule has 4 nitrogen and oxygen atoms in total. The first kappa shape index (κ1) is 14.9. The second-order valence-corrected chi connectivity index (χ2v) is 4.52. The molecule has 18 heavy (non-hydrogen) atoms. The molecule has 1 heterocycles. The van der Waals surface area contributed by atoms with E-state index in [1.807, 2.05) is 12.3 Å². The van der Waals surface area contributed by atoms with Crippen LogP contribution in [0.25, 0.3) is 0 Å². The third-order valence-electron chi connectivity index (χ3n) is 3.49. The minimum Gasteiger partial charge on any atom is -0.495 e. The first-order valence-corrected chi connectivity index (χ1v) is 6.38. The summed E-state index contributed by atoms with van der Waals surface area (Å²) in [5, 5.41) is 3.47. The van der Waals surface area contributed by atoms with E-state index in [9.17, 15) is 0 Å². The molecule has 2 atom stereocenters. The number of nitrogens with zero attached hydrogens (tertiary/aromatic N) is 1. The van der Waals surface area contributed by atoms with Crippen molar-refractivity contribution in [2.45, 2.75) is 38.8 Å². The van der Waals surface area contributed by atoms with Gasteiger partial charge in [-0.2, -0.15) is 0 Å². The molecule has 102 valence electrons. The summed E-state index contributed by atoms with van der Waals surface area (Å²) in [7, 11) is 3.40. The Morgan fingerprint density at radius 1 is 1.33 bits per heavy atom. The fourth-order valence-electron chi connectivity index (χ4n) is 2.06. The van der Waals surface area contributed by atoms with Gasteiger partial charge in [-0.05, 0) is 31.5 Å². The molecule has 1 aromatic rings. The van der Waals surface area contributed by atoms with Crippen LogP contribution in [0.4, 0.5) is 0 Å². The molecule has 1 rings (SSSR count). The summed E-state index contributed by atoms with van der Waals surface area (Å²) >= 11 is 0. The highest BCUT2D eigenvalue weighted by atomic mass is 16.5. The van der Waals surface area contributed by atoms with Crippen molar-refractivity contribution in [3.63, 3.8) is 0 Å². The number of hydrogen-bond donors (Lipinski definition) is 1. The van der Waals surface area contributed by atoms with Gasteiger partial charge >= 0.3 is 0 Å². The Bertz CT molecular complexity index is 365. The molecule has 2 unspecified atom stereocenters. The van der Waals surface area contributed by atoms with Gasteiger partial charge < -0.3 is 14.8 Å². The number of ether oxygens (including phenoxy) is 2. The summed E-state index contributed by atoms with van der Waals surface area (Å²) in [4.78, 5) is 4.22. The van der Waals surface area contributed by atoms with E-state index in [0.29, 0.717) is 0 Å². The molecule has 1 aromatic heterocycles. The van der Waals surface area contributed by atoms with Crippen LogP contribution in [0.5, 0.6) is 5.75 Å². The number of pyridine rings is 1. The van der Waals surface area contributed by atoms with Gasteiger partial charge in [0, 0.05) is 13.3 Å². The zero-order valence-corrected chi connectivity index (χ0v) is 12.0. The van der Waals surface area contributed by atoms with Gasteiger partial charge in [-0.25, -0.2) is 0 Å². The summed E-state index contributed by atoms with van der Waals surface area (Å²) in [5.74, 6) is 0.768. The topological polar surface area (TPSA) is 43.4 Å².